The molecule has 2 bridgehead atoms. The van der Waals surface area contributed by atoms with Crippen molar-refractivity contribution < 1.29 is 14.3 Å². The molecule has 2 fully saturated rings. The van der Waals surface area contributed by atoms with E-state index in [0.717, 1.165) is 49.2 Å². The largest absolute Gasteiger partial charge is 0.462 e. The van der Waals surface area contributed by atoms with Crippen LogP contribution in [0.5, 0.6) is 0 Å². The number of aldehydes is 1. The molecule has 5 rings (SSSR count). The first-order valence-electron chi connectivity index (χ1n) is 9.28. The van der Waals surface area contributed by atoms with E-state index in [0.29, 0.717) is 6.04 Å². The molecular formula is C21H22N2O3. The van der Waals surface area contributed by atoms with E-state index in [9.17, 15) is 9.59 Å². The standard InChI is InChI=1S/C21H22N2O3/c1-13(25)26-9-6-14-11-23-8-7-21-17-4-2-3-5-18(17)22-20(21)16(12-24)15(14)10-19(21)23/h2-6,12,15,19,22H,7-11H2,1H3/b14-6-/t15-,19-,21+/m0/s1. The van der Waals surface area contributed by atoms with E-state index in [1.165, 1.54) is 18.1 Å². The van der Waals surface area contributed by atoms with Gasteiger partial charge in [-0.2, -0.15) is 0 Å². The Kier molecular flexibility index (Phi) is 3.38. The van der Waals surface area contributed by atoms with Crippen LogP contribution < -0.4 is 5.32 Å². The highest BCUT2D eigenvalue weighted by Gasteiger charge is 2.60. The van der Waals surface area contributed by atoms with Crippen molar-refractivity contribution in [3.8, 4) is 0 Å². The number of hydrogen-bond acceptors (Lipinski definition) is 5. The molecule has 1 N–H and O–H groups in total. The number of allylic oxidation sites excluding steroid dienone is 1. The first-order chi connectivity index (χ1) is 12.6. The monoisotopic (exact) mass is 350 g/mol. The van der Waals surface area contributed by atoms with Gasteiger partial charge in [0, 0.05) is 48.9 Å². The van der Waals surface area contributed by atoms with Crippen LogP contribution in [0.25, 0.3) is 0 Å². The Bertz CT molecular complexity index is 872. The Morgan fingerprint density at radius 3 is 3.08 bits per heavy atom. The Labute approximate surface area is 152 Å². The van der Waals surface area contributed by atoms with Gasteiger partial charge in [-0.05, 0) is 36.1 Å². The van der Waals surface area contributed by atoms with Gasteiger partial charge in [0.2, 0.25) is 0 Å². The number of carbonyl (C=O) groups is 2. The van der Waals surface area contributed by atoms with E-state index in [1.54, 1.807) is 0 Å². The van der Waals surface area contributed by atoms with Crippen molar-refractivity contribution in [1.82, 2.24) is 4.90 Å². The smallest absolute Gasteiger partial charge is 0.302 e. The molecule has 3 atom stereocenters. The number of carbonyl (C=O) groups excluding carboxylic acids is 2. The zero-order valence-electron chi connectivity index (χ0n) is 14.8. The van der Waals surface area contributed by atoms with Crippen molar-refractivity contribution in [2.24, 2.45) is 5.92 Å². The number of hydrogen-bond donors (Lipinski definition) is 1. The van der Waals surface area contributed by atoms with E-state index in [4.69, 9.17) is 4.74 Å². The third kappa shape index (κ3) is 1.95. The van der Waals surface area contributed by atoms with Crippen LogP contribution in [-0.2, 0) is 19.7 Å². The predicted molar refractivity (Wildman–Crippen MR) is 97.6 cm³/mol. The predicted octanol–water partition coefficient (Wildman–Crippen LogP) is 2.40. The third-order valence-corrected chi connectivity index (χ3v) is 6.63. The number of esters is 1. The van der Waals surface area contributed by atoms with Crippen LogP contribution in [-0.4, -0.2) is 42.9 Å². The van der Waals surface area contributed by atoms with Gasteiger partial charge in [-0.15, -0.1) is 0 Å². The van der Waals surface area contributed by atoms with Gasteiger partial charge >= 0.3 is 5.97 Å². The molecule has 0 unspecified atom stereocenters. The minimum atomic E-state index is -0.277. The molecule has 26 heavy (non-hydrogen) atoms. The number of nitrogens with one attached hydrogen (secondary N) is 1. The van der Waals surface area contributed by atoms with E-state index in [1.807, 2.05) is 12.1 Å². The zero-order valence-corrected chi connectivity index (χ0v) is 14.8. The summed E-state index contributed by atoms with van der Waals surface area (Å²) < 4.78 is 5.11. The summed E-state index contributed by atoms with van der Waals surface area (Å²) in [5.74, 6) is -0.159. The van der Waals surface area contributed by atoms with Gasteiger partial charge in [0.15, 0.2) is 0 Å². The summed E-state index contributed by atoms with van der Waals surface area (Å²) in [6, 6.07) is 8.90. The van der Waals surface area contributed by atoms with E-state index >= 15 is 0 Å². The number of anilines is 1. The summed E-state index contributed by atoms with van der Waals surface area (Å²) in [5, 5.41) is 3.59. The fourth-order valence-electron chi connectivity index (χ4n) is 5.63. The number of piperidine rings is 1. The number of benzene rings is 1. The van der Waals surface area contributed by atoms with Crippen LogP contribution in [0.3, 0.4) is 0 Å². The van der Waals surface area contributed by atoms with Crippen LogP contribution in [0.1, 0.15) is 25.3 Å². The first kappa shape index (κ1) is 15.8. The van der Waals surface area contributed by atoms with Crippen LogP contribution in [0.2, 0.25) is 0 Å². The number of ether oxygens (including phenoxy) is 1. The van der Waals surface area contributed by atoms with Crippen LogP contribution in [0, 0.1) is 5.92 Å². The molecule has 1 aromatic carbocycles. The van der Waals surface area contributed by atoms with Gasteiger partial charge in [-0.25, -0.2) is 0 Å². The number of para-hydroxylation sites is 1. The van der Waals surface area contributed by atoms with Gasteiger partial charge in [0.05, 0.1) is 5.41 Å². The molecular weight excluding hydrogens is 328 g/mol. The first-order valence-corrected chi connectivity index (χ1v) is 9.28. The summed E-state index contributed by atoms with van der Waals surface area (Å²) in [5.41, 5.74) is 5.60. The van der Waals surface area contributed by atoms with Gasteiger partial charge in [0.25, 0.3) is 0 Å². The topological polar surface area (TPSA) is 58.6 Å². The highest BCUT2D eigenvalue weighted by molar-refractivity contribution is 5.84. The highest BCUT2D eigenvalue weighted by atomic mass is 16.5. The van der Waals surface area contributed by atoms with Crippen molar-refractivity contribution in [1.29, 1.82) is 0 Å². The summed E-state index contributed by atoms with van der Waals surface area (Å²) in [6.45, 7) is 3.57. The average Bonchev–Trinajstić information content (AvgIpc) is 3.18. The maximum Gasteiger partial charge on any atom is 0.302 e. The minimum Gasteiger partial charge on any atom is -0.462 e. The summed E-state index contributed by atoms with van der Waals surface area (Å²) in [4.78, 5) is 25.8. The Morgan fingerprint density at radius 1 is 1.42 bits per heavy atom. The van der Waals surface area contributed by atoms with Gasteiger partial charge in [0.1, 0.15) is 12.9 Å². The van der Waals surface area contributed by atoms with E-state index < -0.39 is 0 Å². The molecule has 0 aromatic heterocycles. The third-order valence-electron chi connectivity index (χ3n) is 6.63. The molecule has 1 aliphatic carbocycles. The second-order valence-corrected chi connectivity index (χ2v) is 7.70. The molecule has 0 saturated carbocycles. The Morgan fingerprint density at radius 2 is 2.27 bits per heavy atom. The maximum absolute atomic E-state index is 12.1. The molecule has 5 nitrogen and oxygen atoms in total. The second-order valence-electron chi connectivity index (χ2n) is 7.70. The quantitative estimate of drug-likeness (QED) is 0.515. The highest BCUT2D eigenvalue weighted by Crippen LogP contribution is 2.60. The maximum atomic E-state index is 12.1. The van der Waals surface area contributed by atoms with E-state index in [-0.39, 0.29) is 23.9 Å². The minimum absolute atomic E-state index is 0.0647. The fourth-order valence-corrected chi connectivity index (χ4v) is 5.63. The Hall–Kier alpha value is -2.40. The number of nitrogens with zero attached hydrogens (tertiary/aromatic N) is 1. The molecule has 2 saturated heterocycles. The lowest BCUT2D eigenvalue weighted by atomic mass is 9.62. The molecule has 3 aliphatic heterocycles. The van der Waals surface area contributed by atoms with Gasteiger partial charge in [-0.3, -0.25) is 14.5 Å². The molecule has 3 heterocycles. The second kappa shape index (κ2) is 5.55. The summed E-state index contributed by atoms with van der Waals surface area (Å²) in [7, 11) is 0. The molecule has 134 valence electrons. The Balaban J connectivity index is 1.63. The number of fused-ring (bicyclic) bond motifs is 2. The average molecular weight is 350 g/mol. The molecule has 1 spiro atoms. The van der Waals surface area contributed by atoms with Gasteiger partial charge in [-0.1, -0.05) is 18.2 Å². The zero-order chi connectivity index (χ0) is 17.9. The molecule has 0 amide bonds. The van der Waals surface area contributed by atoms with Crippen molar-refractivity contribution >= 4 is 17.9 Å². The van der Waals surface area contributed by atoms with Crippen molar-refractivity contribution in [3.63, 3.8) is 0 Å². The lowest BCUT2D eigenvalue weighted by molar-refractivity contribution is -0.139. The van der Waals surface area contributed by atoms with Crippen LogP contribution in [0.15, 0.2) is 47.2 Å². The molecule has 0 radical (unpaired) electrons. The lowest BCUT2D eigenvalue weighted by Gasteiger charge is -2.48. The van der Waals surface area contributed by atoms with Crippen LogP contribution >= 0.6 is 0 Å². The fraction of sp³-hybridized carbons (Fsp3) is 0.429. The van der Waals surface area contributed by atoms with Crippen LogP contribution in [0.4, 0.5) is 5.69 Å². The molecule has 5 heteroatoms. The van der Waals surface area contributed by atoms with Crippen molar-refractivity contribution in [2.45, 2.75) is 31.2 Å². The normalized spacial score (nSPS) is 32.9. The number of rotatable bonds is 3. The summed E-state index contributed by atoms with van der Waals surface area (Å²) >= 11 is 0. The SMILES string of the molecule is CC(=O)OC/C=C1/CN2CC[C@]34C(=C(C=O)[C@H]1C[C@H]23)Nc1ccccc14. The molecule has 1 aromatic rings. The van der Waals surface area contributed by atoms with Gasteiger partial charge < -0.3 is 10.1 Å². The van der Waals surface area contributed by atoms with E-state index in [2.05, 4.69) is 28.4 Å². The summed E-state index contributed by atoms with van der Waals surface area (Å²) in [6.07, 6.45) is 5.04. The lowest BCUT2D eigenvalue weighted by Crippen LogP contribution is -2.52. The van der Waals surface area contributed by atoms with Crippen molar-refractivity contribution in [3.05, 3.63) is 52.7 Å². The molecule has 4 aliphatic rings. The van der Waals surface area contributed by atoms with Crippen molar-refractivity contribution in [2.75, 3.05) is 25.0 Å².